The Morgan fingerprint density at radius 1 is 1.11 bits per heavy atom. The van der Waals surface area contributed by atoms with E-state index in [1.807, 2.05) is 32.0 Å². The molecule has 0 fully saturated rings. The smallest absolute Gasteiger partial charge is 0.275 e. The van der Waals surface area contributed by atoms with Gasteiger partial charge in [-0.25, -0.2) is 9.97 Å². The molecule has 1 aromatic heterocycles. The molecule has 0 aliphatic carbocycles. The molecule has 0 radical (unpaired) electrons. The summed E-state index contributed by atoms with van der Waals surface area (Å²) in [5.74, 6) is 0.676. The van der Waals surface area contributed by atoms with Crippen molar-refractivity contribution < 1.29 is 9.53 Å². The van der Waals surface area contributed by atoms with Crippen LogP contribution in [0.5, 0.6) is 5.75 Å². The number of benzene rings is 2. The van der Waals surface area contributed by atoms with Crippen molar-refractivity contribution in [1.29, 1.82) is 5.26 Å². The molecule has 0 atom stereocenters. The summed E-state index contributed by atoms with van der Waals surface area (Å²) in [6.07, 6.45) is 2.84. The molecule has 28 heavy (non-hydrogen) atoms. The Bertz CT molecular complexity index is 1010. The van der Waals surface area contributed by atoms with Gasteiger partial charge in [0.25, 0.3) is 5.91 Å². The molecule has 7 heteroatoms. The number of nitrogens with one attached hydrogen (secondary N) is 2. The molecule has 3 aromatic rings. The number of hydrogen-bond donors (Lipinski definition) is 2. The summed E-state index contributed by atoms with van der Waals surface area (Å²) in [6, 6.07) is 16.3. The van der Waals surface area contributed by atoms with Gasteiger partial charge in [0.2, 0.25) is 0 Å². The molecule has 1 heterocycles. The van der Waals surface area contributed by atoms with Crippen molar-refractivity contribution in [3.8, 4) is 11.8 Å². The Hall–Kier alpha value is -3.92. The summed E-state index contributed by atoms with van der Waals surface area (Å²) in [6.45, 7) is 3.84. The molecule has 140 valence electrons. The molecule has 0 spiro atoms. The minimum Gasteiger partial charge on any atom is -0.489 e. The van der Waals surface area contributed by atoms with E-state index in [4.69, 9.17) is 10.00 Å². The zero-order chi connectivity index (χ0) is 19.9. The third kappa shape index (κ3) is 4.83. The van der Waals surface area contributed by atoms with Gasteiger partial charge in [0.1, 0.15) is 17.3 Å². The molecule has 2 aromatic carbocycles. The van der Waals surface area contributed by atoms with Gasteiger partial charge in [-0.15, -0.1) is 0 Å². The lowest BCUT2D eigenvalue weighted by atomic mass is 10.2. The van der Waals surface area contributed by atoms with E-state index < -0.39 is 0 Å². The van der Waals surface area contributed by atoms with Gasteiger partial charge in [-0.2, -0.15) is 5.26 Å². The lowest BCUT2D eigenvalue weighted by Gasteiger charge is -2.14. The van der Waals surface area contributed by atoms with Gasteiger partial charge in [0.15, 0.2) is 0 Å². The van der Waals surface area contributed by atoms with Crippen LogP contribution in [0.4, 0.5) is 17.2 Å². The van der Waals surface area contributed by atoms with Crippen LogP contribution in [0.3, 0.4) is 0 Å². The molecule has 1 amide bonds. The number of ether oxygens (including phenoxy) is 1. The van der Waals surface area contributed by atoms with Crippen molar-refractivity contribution in [2.75, 3.05) is 10.6 Å². The largest absolute Gasteiger partial charge is 0.489 e. The Morgan fingerprint density at radius 3 is 2.64 bits per heavy atom. The Labute approximate surface area is 163 Å². The van der Waals surface area contributed by atoms with Crippen LogP contribution in [0.1, 0.15) is 29.9 Å². The van der Waals surface area contributed by atoms with E-state index in [9.17, 15) is 4.79 Å². The van der Waals surface area contributed by atoms with E-state index in [1.54, 1.807) is 30.3 Å². The Morgan fingerprint density at radius 2 is 1.93 bits per heavy atom. The fraction of sp³-hybridized carbons (Fsp3) is 0.143. The minimum absolute atomic E-state index is 0.0114. The molecule has 7 nitrogen and oxygen atoms in total. The number of para-hydroxylation sites is 2. The molecule has 0 saturated heterocycles. The van der Waals surface area contributed by atoms with Gasteiger partial charge in [-0.3, -0.25) is 4.79 Å². The fourth-order valence-corrected chi connectivity index (χ4v) is 2.44. The average molecular weight is 373 g/mol. The summed E-state index contributed by atoms with van der Waals surface area (Å²) < 4.78 is 5.70. The van der Waals surface area contributed by atoms with E-state index in [0.717, 1.165) is 0 Å². The van der Waals surface area contributed by atoms with Crippen LogP contribution < -0.4 is 15.4 Å². The molecule has 0 saturated carbocycles. The van der Waals surface area contributed by atoms with Crippen molar-refractivity contribution in [3.05, 3.63) is 72.2 Å². The number of hydrogen-bond acceptors (Lipinski definition) is 6. The number of carbonyl (C=O) groups is 1. The Balaban J connectivity index is 1.70. The summed E-state index contributed by atoms with van der Waals surface area (Å²) in [7, 11) is 0. The first kappa shape index (κ1) is 18.9. The van der Waals surface area contributed by atoms with Crippen molar-refractivity contribution in [3.63, 3.8) is 0 Å². The number of nitriles is 1. The maximum absolute atomic E-state index is 12.5. The first-order chi connectivity index (χ1) is 13.5. The second kappa shape index (κ2) is 8.64. The zero-order valence-corrected chi connectivity index (χ0v) is 15.5. The van der Waals surface area contributed by atoms with Gasteiger partial charge in [-0.1, -0.05) is 18.2 Å². The van der Waals surface area contributed by atoms with Crippen molar-refractivity contribution in [2.45, 2.75) is 20.0 Å². The molecule has 0 aliphatic rings. The summed E-state index contributed by atoms with van der Waals surface area (Å²) >= 11 is 0. The van der Waals surface area contributed by atoms with Crippen LogP contribution in [0.2, 0.25) is 0 Å². The van der Waals surface area contributed by atoms with Crippen molar-refractivity contribution >= 4 is 23.1 Å². The fourth-order valence-electron chi connectivity index (χ4n) is 2.44. The van der Waals surface area contributed by atoms with E-state index in [2.05, 4.69) is 26.7 Å². The van der Waals surface area contributed by atoms with Crippen LogP contribution in [-0.2, 0) is 0 Å². The highest BCUT2D eigenvalue weighted by Gasteiger charge is 2.12. The van der Waals surface area contributed by atoms with Gasteiger partial charge in [0, 0.05) is 5.69 Å². The molecule has 3 rings (SSSR count). The van der Waals surface area contributed by atoms with Gasteiger partial charge >= 0.3 is 0 Å². The highest BCUT2D eigenvalue weighted by atomic mass is 16.5. The zero-order valence-electron chi connectivity index (χ0n) is 15.5. The maximum Gasteiger partial charge on any atom is 0.275 e. The summed E-state index contributed by atoms with van der Waals surface area (Å²) in [4.78, 5) is 20.9. The van der Waals surface area contributed by atoms with Crippen LogP contribution >= 0.6 is 0 Å². The van der Waals surface area contributed by atoms with E-state index in [0.29, 0.717) is 28.5 Å². The van der Waals surface area contributed by atoms with Crippen LogP contribution in [-0.4, -0.2) is 22.0 Å². The van der Waals surface area contributed by atoms with Gasteiger partial charge < -0.3 is 15.4 Å². The number of amides is 1. The number of rotatable bonds is 6. The minimum atomic E-state index is -0.384. The first-order valence-corrected chi connectivity index (χ1v) is 8.71. The standard InChI is InChI=1S/C21H19N5O2/c1-14(2)28-19-9-4-3-8-17(19)26-21(27)18-12-24-20(13-23-18)25-16-7-5-6-15(10-16)11-22/h3-10,12-14H,1-2H3,(H,24,25)(H,26,27). The lowest BCUT2D eigenvalue weighted by Crippen LogP contribution is -2.16. The summed E-state index contributed by atoms with van der Waals surface area (Å²) in [5, 5.41) is 14.8. The number of nitrogens with zero attached hydrogens (tertiary/aromatic N) is 3. The number of aromatic nitrogens is 2. The normalized spacial score (nSPS) is 10.2. The first-order valence-electron chi connectivity index (χ1n) is 8.71. The van der Waals surface area contributed by atoms with E-state index in [1.165, 1.54) is 12.4 Å². The van der Waals surface area contributed by atoms with Gasteiger partial charge in [-0.05, 0) is 44.2 Å². The SMILES string of the molecule is CC(C)Oc1ccccc1NC(=O)c1cnc(Nc2cccc(C#N)c2)cn1. The molecule has 0 unspecified atom stereocenters. The lowest BCUT2D eigenvalue weighted by molar-refractivity contribution is 0.102. The Kier molecular flexibility index (Phi) is 5.82. The third-order valence-corrected chi connectivity index (χ3v) is 3.65. The van der Waals surface area contributed by atoms with E-state index >= 15 is 0 Å². The second-order valence-electron chi connectivity index (χ2n) is 6.22. The van der Waals surface area contributed by atoms with Crippen molar-refractivity contribution in [1.82, 2.24) is 9.97 Å². The molecular weight excluding hydrogens is 354 g/mol. The maximum atomic E-state index is 12.5. The predicted octanol–water partition coefficient (Wildman–Crippen LogP) is 4.13. The highest BCUT2D eigenvalue weighted by Crippen LogP contribution is 2.25. The molecular formula is C21H19N5O2. The third-order valence-electron chi connectivity index (χ3n) is 3.65. The summed E-state index contributed by atoms with van der Waals surface area (Å²) in [5.41, 5.74) is 2.00. The highest BCUT2D eigenvalue weighted by molar-refractivity contribution is 6.03. The second-order valence-corrected chi connectivity index (χ2v) is 6.22. The average Bonchev–Trinajstić information content (AvgIpc) is 2.70. The van der Waals surface area contributed by atoms with Crippen LogP contribution in [0, 0.1) is 11.3 Å². The topological polar surface area (TPSA) is 99.9 Å². The van der Waals surface area contributed by atoms with Crippen molar-refractivity contribution in [2.24, 2.45) is 0 Å². The molecule has 0 bridgehead atoms. The predicted molar refractivity (Wildman–Crippen MR) is 107 cm³/mol. The van der Waals surface area contributed by atoms with Crippen LogP contribution in [0.15, 0.2) is 60.9 Å². The molecule has 2 N–H and O–H groups in total. The quantitative estimate of drug-likeness (QED) is 0.674. The number of anilines is 3. The van der Waals surface area contributed by atoms with Gasteiger partial charge in [0.05, 0.1) is 35.8 Å². The van der Waals surface area contributed by atoms with E-state index in [-0.39, 0.29) is 17.7 Å². The van der Waals surface area contributed by atoms with Crippen LogP contribution in [0.25, 0.3) is 0 Å². The molecule has 0 aliphatic heterocycles. The number of carbonyl (C=O) groups excluding carboxylic acids is 1. The monoisotopic (exact) mass is 373 g/mol.